The first-order valence-corrected chi connectivity index (χ1v) is 3.67. The molecule has 1 aromatic heterocycles. The maximum Gasteiger partial charge on any atom is 0.423 e. The van der Waals surface area contributed by atoms with Crippen LogP contribution in [-0.2, 0) is 6.18 Å². The summed E-state index contributed by atoms with van der Waals surface area (Å²) in [6, 6.07) is 1.87. The molecule has 0 radical (unpaired) electrons. The van der Waals surface area contributed by atoms with Gasteiger partial charge in [0.25, 0.3) is 4.60 Å². The van der Waals surface area contributed by atoms with E-state index in [0.29, 0.717) is 0 Å². The van der Waals surface area contributed by atoms with Gasteiger partial charge in [-0.15, -0.1) is 0 Å². The molecule has 6 heteroatoms. The van der Waals surface area contributed by atoms with Gasteiger partial charge in [0, 0.05) is 22.0 Å². The predicted octanol–water partition coefficient (Wildman–Crippen LogP) is 2.10. The van der Waals surface area contributed by atoms with Crippen molar-refractivity contribution in [2.75, 3.05) is 0 Å². The number of hydrogen-bond donors (Lipinski definition) is 0. The number of rotatable bonds is 0. The molecule has 0 fully saturated rings. The lowest BCUT2D eigenvalue weighted by Gasteiger charge is -2.07. The Labute approximate surface area is 74.3 Å². The van der Waals surface area contributed by atoms with E-state index >= 15 is 0 Å². The van der Waals surface area contributed by atoms with E-state index in [1.807, 2.05) is 0 Å². The van der Waals surface area contributed by atoms with Gasteiger partial charge in [-0.2, -0.15) is 17.9 Å². The number of halogens is 4. The van der Waals surface area contributed by atoms with Crippen LogP contribution in [0.1, 0.15) is 5.56 Å². The summed E-state index contributed by atoms with van der Waals surface area (Å²) in [6.07, 6.45) is -3.51. The second-order valence-electron chi connectivity index (χ2n) is 2.04. The molecule has 0 amide bonds. The Bertz CT molecular complexity index is 299. The first-order chi connectivity index (χ1) is 5.43. The van der Waals surface area contributed by atoms with Crippen LogP contribution in [-0.4, -0.2) is 0 Å². The van der Waals surface area contributed by atoms with Gasteiger partial charge in [0.1, 0.15) is 5.56 Å². The van der Waals surface area contributed by atoms with Gasteiger partial charge in [0.05, 0.1) is 0 Å². The Balaban J connectivity index is 3.26. The minimum absolute atomic E-state index is 0.114. The third-order valence-corrected chi connectivity index (χ3v) is 1.98. The molecule has 0 aliphatic rings. The van der Waals surface area contributed by atoms with Gasteiger partial charge in [0.15, 0.2) is 6.20 Å². The number of alkyl halides is 3. The van der Waals surface area contributed by atoms with Crippen molar-refractivity contribution in [2.24, 2.45) is 0 Å². The summed E-state index contributed by atoms with van der Waals surface area (Å²) in [6.45, 7) is 0. The Morgan fingerprint density at radius 2 is 2.00 bits per heavy atom. The van der Waals surface area contributed by atoms with Crippen molar-refractivity contribution in [3.63, 3.8) is 0 Å². The first kappa shape index (κ1) is 9.31. The molecule has 12 heavy (non-hydrogen) atoms. The summed E-state index contributed by atoms with van der Waals surface area (Å²) in [4.78, 5) is 0. The number of aromatic nitrogens is 1. The van der Waals surface area contributed by atoms with E-state index in [9.17, 15) is 18.4 Å². The predicted molar refractivity (Wildman–Crippen MR) is 38.1 cm³/mol. The summed E-state index contributed by atoms with van der Waals surface area (Å²) in [5.74, 6) is 0. The average molecular weight is 242 g/mol. The zero-order valence-electron chi connectivity index (χ0n) is 5.60. The van der Waals surface area contributed by atoms with Crippen molar-refractivity contribution in [3.8, 4) is 0 Å². The highest BCUT2D eigenvalue weighted by atomic mass is 79.9. The summed E-state index contributed by atoms with van der Waals surface area (Å²) >= 11 is 2.55. The fourth-order valence-electron chi connectivity index (χ4n) is 0.682. The molecule has 0 aliphatic heterocycles. The van der Waals surface area contributed by atoms with Gasteiger partial charge < -0.3 is 5.21 Å². The third kappa shape index (κ3) is 1.69. The molecule has 1 heterocycles. The number of nitrogens with zero attached hydrogens (tertiary/aromatic N) is 1. The van der Waals surface area contributed by atoms with Crippen LogP contribution in [0.2, 0.25) is 0 Å². The molecule has 1 rings (SSSR count). The SMILES string of the molecule is [O-][n+]1cccc(C(F)(F)F)c1Br. The highest BCUT2D eigenvalue weighted by Gasteiger charge is 2.36. The Hall–Kier alpha value is -0.780. The highest BCUT2D eigenvalue weighted by molar-refractivity contribution is 9.10. The van der Waals surface area contributed by atoms with E-state index < -0.39 is 16.3 Å². The lowest BCUT2D eigenvalue weighted by molar-refractivity contribution is -0.618. The lowest BCUT2D eigenvalue weighted by Crippen LogP contribution is -2.30. The molecule has 0 saturated carbocycles. The zero-order chi connectivity index (χ0) is 9.35. The molecule has 1 aromatic rings. The van der Waals surface area contributed by atoms with Gasteiger partial charge in [-0.25, -0.2) is 0 Å². The second-order valence-corrected chi connectivity index (χ2v) is 2.79. The van der Waals surface area contributed by atoms with Crippen molar-refractivity contribution in [2.45, 2.75) is 6.18 Å². The van der Waals surface area contributed by atoms with E-state index in [0.717, 1.165) is 18.3 Å². The molecule has 0 bridgehead atoms. The van der Waals surface area contributed by atoms with Gasteiger partial charge in [-0.05, 0) is 6.07 Å². The largest absolute Gasteiger partial charge is 0.618 e. The van der Waals surface area contributed by atoms with Gasteiger partial charge in [-0.3, -0.25) is 0 Å². The maximum absolute atomic E-state index is 12.0. The molecule has 2 nitrogen and oxygen atoms in total. The van der Waals surface area contributed by atoms with Crippen LogP contribution in [0.15, 0.2) is 22.9 Å². The van der Waals surface area contributed by atoms with Crippen LogP contribution in [0.3, 0.4) is 0 Å². The van der Waals surface area contributed by atoms with E-state index in [1.165, 1.54) is 0 Å². The van der Waals surface area contributed by atoms with Crippen molar-refractivity contribution < 1.29 is 17.9 Å². The van der Waals surface area contributed by atoms with Crippen LogP contribution >= 0.6 is 15.9 Å². The molecule has 0 spiro atoms. The van der Waals surface area contributed by atoms with Crippen molar-refractivity contribution in [3.05, 3.63) is 33.7 Å². The molecule has 0 unspecified atom stereocenters. The quantitative estimate of drug-likeness (QED) is 0.388. The van der Waals surface area contributed by atoms with Crippen molar-refractivity contribution in [1.82, 2.24) is 0 Å². The monoisotopic (exact) mass is 241 g/mol. The normalized spacial score (nSPS) is 11.7. The summed E-state index contributed by atoms with van der Waals surface area (Å²) in [5.41, 5.74) is -0.972. The molecule has 0 aliphatic carbocycles. The fraction of sp³-hybridized carbons (Fsp3) is 0.167. The van der Waals surface area contributed by atoms with E-state index in [-0.39, 0.29) is 4.73 Å². The molecule has 0 saturated heterocycles. The Morgan fingerprint density at radius 3 is 2.42 bits per heavy atom. The Kier molecular flexibility index (Phi) is 2.27. The standard InChI is InChI=1S/C6H3BrF3NO/c7-5-4(6(8,9)10)2-1-3-11(5)12/h1-3H. The number of hydrogen-bond acceptors (Lipinski definition) is 1. The molecule has 0 N–H and O–H groups in total. The molecule has 0 atom stereocenters. The minimum Gasteiger partial charge on any atom is -0.618 e. The Morgan fingerprint density at radius 1 is 1.42 bits per heavy atom. The molecule has 0 aromatic carbocycles. The summed E-state index contributed by atoms with van der Waals surface area (Å²) in [5, 5.41) is 10.7. The third-order valence-electron chi connectivity index (χ3n) is 1.21. The summed E-state index contributed by atoms with van der Waals surface area (Å²) < 4.78 is 35.7. The zero-order valence-corrected chi connectivity index (χ0v) is 7.19. The molecule has 66 valence electrons. The fourth-order valence-corrected chi connectivity index (χ4v) is 1.16. The van der Waals surface area contributed by atoms with E-state index in [4.69, 9.17) is 0 Å². The van der Waals surface area contributed by atoms with Gasteiger partial charge in [0.2, 0.25) is 0 Å². The first-order valence-electron chi connectivity index (χ1n) is 2.88. The van der Waals surface area contributed by atoms with Crippen LogP contribution in [0, 0.1) is 5.21 Å². The number of pyridine rings is 1. The van der Waals surface area contributed by atoms with E-state index in [1.54, 1.807) is 0 Å². The van der Waals surface area contributed by atoms with E-state index in [2.05, 4.69) is 15.9 Å². The topological polar surface area (TPSA) is 26.9 Å². The summed E-state index contributed by atoms with van der Waals surface area (Å²) in [7, 11) is 0. The van der Waals surface area contributed by atoms with Crippen LogP contribution in [0.25, 0.3) is 0 Å². The highest BCUT2D eigenvalue weighted by Crippen LogP contribution is 2.32. The minimum atomic E-state index is -4.49. The molecular weight excluding hydrogens is 239 g/mol. The van der Waals surface area contributed by atoms with Crippen molar-refractivity contribution >= 4 is 15.9 Å². The average Bonchev–Trinajstić information content (AvgIpc) is 1.92. The smallest absolute Gasteiger partial charge is 0.423 e. The van der Waals surface area contributed by atoms with Gasteiger partial charge in [-0.1, -0.05) is 0 Å². The second kappa shape index (κ2) is 2.93. The van der Waals surface area contributed by atoms with Crippen LogP contribution < -0.4 is 4.73 Å². The van der Waals surface area contributed by atoms with Gasteiger partial charge >= 0.3 is 6.18 Å². The molecular formula is C6H3BrF3NO. The lowest BCUT2D eigenvalue weighted by atomic mass is 10.3. The van der Waals surface area contributed by atoms with Crippen LogP contribution in [0.4, 0.5) is 13.2 Å². The maximum atomic E-state index is 12.0. The van der Waals surface area contributed by atoms with Crippen LogP contribution in [0.5, 0.6) is 0 Å². The van der Waals surface area contributed by atoms with Crippen molar-refractivity contribution in [1.29, 1.82) is 0 Å².